The van der Waals surface area contributed by atoms with E-state index in [1.807, 2.05) is 12.1 Å². The summed E-state index contributed by atoms with van der Waals surface area (Å²) in [6.07, 6.45) is 1.11. The average molecular weight is 309 g/mol. The summed E-state index contributed by atoms with van der Waals surface area (Å²) in [5, 5.41) is 0. The third-order valence-corrected chi connectivity index (χ3v) is 6.04. The van der Waals surface area contributed by atoms with E-state index in [2.05, 4.69) is 34.6 Å². The van der Waals surface area contributed by atoms with Gasteiger partial charge in [-0.1, -0.05) is 46.8 Å². The standard InChI is InChI=1S/C17H27NO2S/c1-13-10-14(2)12-18(11-13)21(19,20)16-8-6-15(7-9-16)17(3,4)5/h6-9,13-14H,10-12H2,1-5H3. The van der Waals surface area contributed by atoms with Crippen molar-refractivity contribution in [2.45, 2.75) is 51.3 Å². The van der Waals surface area contributed by atoms with Gasteiger partial charge in [0.2, 0.25) is 10.0 Å². The van der Waals surface area contributed by atoms with Gasteiger partial charge in [-0.3, -0.25) is 0 Å². The molecule has 1 aromatic carbocycles. The Bertz CT molecular complexity index is 574. The maximum Gasteiger partial charge on any atom is 0.243 e. The SMILES string of the molecule is CC1CC(C)CN(S(=O)(=O)c2ccc(C(C)(C)C)cc2)C1. The van der Waals surface area contributed by atoms with Crippen LogP contribution in [0.4, 0.5) is 0 Å². The van der Waals surface area contributed by atoms with Gasteiger partial charge in [-0.05, 0) is 41.4 Å². The fourth-order valence-electron chi connectivity index (χ4n) is 3.08. The number of rotatable bonds is 2. The van der Waals surface area contributed by atoms with Gasteiger partial charge in [0, 0.05) is 13.1 Å². The molecule has 21 heavy (non-hydrogen) atoms. The van der Waals surface area contributed by atoms with Crippen LogP contribution in [0, 0.1) is 11.8 Å². The van der Waals surface area contributed by atoms with Crippen molar-refractivity contribution in [2.75, 3.05) is 13.1 Å². The van der Waals surface area contributed by atoms with E-state index in [1.165, 1.54) is 0 Å². The summed E-state index contributed by atoms with van der Waals surface area (Å²) in [6.45, 7) is 11.9. The van der Waals surface area contributed by atoms with Gasteiger partial charge in [0.25, 0.3) is 0 Å². The Hall–Kier alpha value is -0.870. The van der Waals surface area contributed by atoms with Crippen molar-refractivity contribution in [3.05, 3.63) is 29.8 Å². The second-order valence-electron chi connectivity index (χ2n) is 7.54. The molecule has 1 heterocycles. The normalized spacial score (nSPS) is 25.0. The minimum atomic E-state index is -3.36. The van der Waals surface area contributed by atoms with E-state index < -0.39 is 10.0 Å². The fraction of sp³-hybridized carbons (Fsp3) is 0.647. The molecule has 118 valence electrons. The highest BCUT2D eigenvalue weighted by molar-refractivity contribution is 7.89. The molecule has 2 unspecified atom stereocenters. The third kappa shape index (κ3) is 3.67. The fourth-order valence-corrected chi connectivity index (χ4v) is 4.76. The molecule has 2 atom stereocenters. The molecule has 0 bridgehead atoms. The molecule has 1 saturated heterocycles. The van der Waals surface area contributed by atoms with E-state index in [4.69, 9.17) is 0 Å². The van der Waals surface area contributed by atoms with Gasteiger partial charge in [0.1, 0.15) is 0 Å². The van der Waals surface area contributed by atoms with Crippen LogP contribution in [0.5, 0.6) is 0 Å². The number of hydrogen-bond donors (Lipinski definition) is 0. The number of nitrogens with zero attached hydrogens (tertiary/aromatic N) is 1. The van der Waals surface area contributed by atoms with Crippen LogP contribution in [0.15, 0.2) is 29.2 Å². The van der Waals surface area contributed by atoms with Crippen molar-refractivity contribution in [1.82, 2.24) is 4.31 Å². The second kappa shape index (κ2) is 5.73. The van der Waals surface area contributed by atoms with Crippen LogP contribution in [0.1, 0.15) is 46.6 Å². The maximum absolute atomic E-state index is 12.8. The minimum absolute atomic E-state index is 0.0381. The van der Waals surface area contributed by atoms with E-state index in [9.17, 15) is 8.42 Å². The summed E-state index contributed by atoms with van der Waals surface area (Å²) >= 11 is 0. The largest absolute Gasteiger partial charge is 0.243 e. The van der Waals surface area contributed by atoms with Gasteiger partial charge in [-0.2, -0.15) is 4.31 Å². The van der Waals surface area contributed by atoms with E-state index in [0.717, 1.165) is 12.0 Å². The first-order chi connectivity index (χ1) is 9.60. The molecule has 3 nitrogen and oxygen atoms in total. The van der Waals surface area contributed by atoms with Gasteiger partial charge in [0.15, 0.2) is 0 Å². The van der Waals surface area contributed by atoms with E-state index in [0.29, 0.717) is 29.8 Å². The van der Waals surface area contributed by atoms with Gasteiger partial charge in [0.05, 0.1) is 4.90 Å². The lowest BCUT2D eigenvalue weighted by Gasteiger charge is -2.34. The van der Waals surface area contributed by atoms with Gasteiger partial charge in [-0.15, -0.1) is 0 Å². The topological polar surface area (TPSA) is 37.4 Å². The Labute approximate surface area is 129 Å². The average Bonchev–Trinajstić information content (AvgIpc) is 2.36. The molecule has 4 heteroatoms. The molecule has 0 saturated carbocycles. The zero-order valence-electron chi connectivity index (χ0n) is 13.8. The van der Waals surface area contributed by atoms with Crippen LogP contribution in [-0.2, 0) is 15.4 Å². The smallest absolute Gasteiger partial charge is 0.207 e. The van der Waals surface area contributed by atoms with Crippen molar-refractivity contribution < 1.29 is 8.42 Å². The van der Waals surface area contributed by atoms with Crippen molar-refractivity contribution in [1.29, 1.82) is 0 Å². The van der Waals surface area contributed by atoms with Crippen molar-refractivity contribution >= 4 is 10.0 Å². The maximum atomic E-state index is 12.8. The highest BCUT2D eigenvalue weighted by Gasteiger charge is 2.31. The van der Waals surface area contributed by atoms with Crippen molar-refractivity contribution in [3.8, 4) is 0 Å². The molecule has 1 aliphatic heterocycles. The summed E-state index contributed by atoms with van der Waals surface area (Å²) < 4.78 is 27.2. The molecule has 1 fully saturated rings. The molecule has 0 N–H and O–H groups in total. The molecular weight excluding hydrogens is 282 g/mol. The lowest BCUT2D eigenvalue weighted by molar-refractivity contribution is 0.222. The summed E-state index contributed by atoms with van der Waals surface area (Å²) in [5.41, 5.74) is 1.19. The molecule has 0 aliphatic carbocycles. The molecule has 0 spiro atoms. The Morgan fingerprint density at radius 1 is 1.00 bits per heavy atom. The van der Waals surface area contributed by atoms with E-state index in [-0.39, 0.29) is 5.41 Å². The number of sulfonamides is 1. The highest BCUT2D eigenvalue weighted by Crippen LogP contribution is 2.28. The monoisotopic (exact) mass is 309 g/mol. The molecule has 1 aliphatic rings. The van der Waals surface area contributed by atoms with Crippen molar-refractivity contribution in [3.63, 3.8) is 0 Å². The van der Waals surface area contributed by atoms with E-state index >= 15 is 0 Å². The first-order valence-corrected chi connectivity index (χ1v) is 9.15. The first kappa shape index (κ1) is 16.5. The third-order valence-electron chi connectivity index (χ3n) is 4.19. The molecule has 0 amide bonds. The van der Waals surface area contributed by atoms with E-state index in [1.54, 1.807) is 16.4 Å². The Kier molecular flexibility index (Phi) is 4.50. The lowest BCUT2D eigenvalue weighted by Crippen LogP contribution is -2.42. The van der Waals surface area contributed by atoms with Crippen molar-refractivity contribution in [2.24, 2.45) is 11.8 Å². The van der Waals surface area contributed by atoms with Crippen LogP contribution in [0.25, 0.3) is 0 Å². The van der Waals surface area contributed by atoms with Crippen LogP contribution in [0.2, 0.25) is 0 Å². The summed E-state index contributed by atoms with van der Waals surface area (Å²) in [7, 11) is -3.36. The Morgan fingerprint density at radius 2 is 1.48 bits per heavy atom. The summed E-state index contributed by atoms with van der Waals surface area (Å²) in [6, 6.07) is 7.37. The highest BCUT2D eigenvalue weighted by atomic mass is 32.2. The summed E-state index contributed by atoms with van der Waals surface area (Å²) in [4.78, 5) is 0.414. The lowest BCUT2D eigenvalue weighted by atomic mass is 9.87. The van der Waals surface area contributed by atoms with Crippen LogP contribution >= 0.6 is 0 Å². The van der Waals surface area contributed by atoms with Gasteiger partial charge < -0.3 is 0 Å². The zero-order valence-corrected chi connectivity index (χ0v) is 14.6. The predicted molar refractivity (Wildman–Crippen MR) is 86.8 cm³/mol. The molecule has 0 radical (unpaired) electrons. The molecule has 0 aromatic heterocycles. The Balaban J connectivity index is 2.27. The van der Waals surface area contributed by atoms with Gasteiger partial charge in [-0.25, -0.2) is 8.42 Å². The number of benzene rings is 1. The summed E-state index contributed by atoms with van der Waals surface area (Å²) in [5.74, 6) is 0.856. The second-order valence-corrected chi connectivity index (χ2v) is 9.48. The quantitative estimate of drug-likeness (QED) is 0.836. The molecular formula is C17H27NO2S. The number of piperidine rings is 1. The Morgan fingerprint density at radius 3 is 1.90 bits per heavy atom. The zero-order chi connectivity index (χ0) is 15.8. The molecule has 2 rings (SSSR count). The van der Waals surface area contributed by atoms with Crippen LogP contribution in [-0.4, -0.2) is 25.8 Å². The first-order valence-electron chi connectivity index (χ1n) is 7.71. The predicted octanol–water partition coefficient (Wildman–Crippen LogP) is 3.65. The van der Waals surface area contributed by atoms with Crippen LogP contribution in [0.3, 0.4) is 0 Å². The van der Waals surface area contributed by atoms with Crippen LogP contribution < -0.4 is 0 Å². The minimum Gasteiger partial charge on any atom is -0.207 e. The molecule has 1 aromatic rings. The van der Waals surface area contributed by atoms with Gasteiger partial charge >= 0.3 is 0 Å². The number of hydrogen-bond acceptors (Lipinski definition) is 2.